The number of aromatic nitrogens is 1. The molecule has 0 aliphatic heterocycles. The molecule has 0 spiro atoms. The molecule has 2 rings (SSSR count). The molecule has 0 radical (unpaired) electrons. The number of ether oxygens (including phenoxy) is 2. The number of methoxy groups -OCH3 is 1. The zero-order chi connectivity index (χ0) is 15.8. The first-order valence-electron chi connectivity index (χ1n) is 6.82. The number of furan rings is 1. The molecule has 0 aliphatic rings. The van der Waals surface area contributed by atoms with E-state index in [0.29, 0.717) is 37.1 Å². The lowest BCUT2D eigenvalue weighted by Crippen LogP contribution is -2.31. The molecule has 0 saturated heterocycles. The van der Waals surface area contributed by atoms with Crippen molar-refractivity contribution in [3.05, 3.63) is 42.5 Å². The molecule has 2 aromatic heterocycles. The van der Waals surface area contributed by atoms with E-state index in [2.05, 4.69) is 10.3 Å². The maximum Gasteiger partial charge on any atom is 0.322 e. The van der Waals surface area contributed by atoms with Crippen LogP contribution in [-0.4, -0.2) is 43.3 Å². The predicted molar refractivity (Wildman–Crippen MR) is 80.8 cm³/mol. The fraction of sp³-hybridized carbons (Fsp3) is 0.333. The fourth-order valence-corrected chi connectivity index (χ4v) is 1.74. The van der Waals surface area contributed by atoms with Gasteiger partial charge in [0.2, 0.25) is 5.88 Å². The number of nitrogens with zero attached hydrogens (tertiary/aromatic N) is 2. The van der Waals surface area contributed by atoms with Gasteiger partial charge in [-0.3, -0.25) is 0 Å². The molecule has 0 unspecified atom stereocenters. The SMILES string of the molecule is COCCOc1ncccc1NC(=O)N(C)Cc1ccco1. The monoisotopic (exact) mass is 305 g/mol. The Balaban J connectivity index is 1.95. The first-order valence-corrected chi connectivity index (χ1v) is 6.82. The topological polar surface area (TPSA) is 76.8 Å². The molecule has 118 valence electrons. The van der Waals surface area contributed by atoms with Gasteiger partial charge in [-0.2, -0.15) is 0 Å². The molecule has 0 aromatic carbocycles. The van der Waals surface area contributed by atoms with Gasteiger partial charge in [0.25, 0.3) is 0 Å². The van der Waals surface area contributed by atoms with Crippen molar-refractivity contribution in [3.63, 3.8) is 0 Å². The Bertz CT molecular complexity index is 586. The van der Waals surface area contributed by atoms with Crippen molar-refractivity contribution in [2.24, 2.45) is 0 Å². The van der Waals surface area contributed by atoms with E-state index < -0.39 is 0 Å². The zero-order valence-electron chi connectivity index (χ0n) is 12.6. The van der Waals surface area contributed by atoms with Crippen LogP contribution in [0.1, 0.15) is 5.76 Å². The minimum absolute atomic E-state index is 0.277. The van der Waals surface area contributed by atoms with E-state index in [-0.39, 0.29) is 6.03 Å². The Morgan fingerprint density at radius 1 is 1.36 bits per heavy atom. The molecule has 0 atom stereocenters. The first kappa shape index (κ1) is 15.8. The van der Waals surface area contributed by atoms with Crippen molar-refractivity contribution >= 4 is 11.7 Å². The van der Waals surface area contributed by atoms with E-state index in [1.165, 1.54) is 4.90 Å². The summed E-state index contributed by atoms with van der Waals surface area (Å²) in [6.45, 7) is 1.18. The largest absolute Gasteiger partial charge is 0.474 e. The van der Waals surface area contributed by atoms with Crippen molar-refractivity contribution in [2.75, 3.05) is 32.7 Å². The number of hydrogen-bond donors (Lipinski definition) is 1. The third-order valence-corrected chi connectivity index (χ3v) is 2.86. The van der Waals surface area contributed by atoms with Gasteiger partial charge < -0.3 is 24.1 Å². The molecule has 2 heterocycles. The smallest absolute Gasteiger partial charge is 0.322 e. The third-order valence-electron chi connectivity index (χ3n) is 2.86. The van der Waals surface area contributed by atoms with Crippen LogP contribution in [0.4, 0.5) is 10.5 Å². The van der Waals surface area contributed by atoms with Crippen molar-refractivity contribution in [1.29, 1.82) is 0 Å². The highest BCUT2D eigenvalue weighted by atomic mass is 16.5. The van der Waals surface area contributed by atoms with Crippen LogP contribution in [0.15, 0.2) is 41.1 Å². The normalized spacial score (nSPS) is 10.3. The molecule has 2 aromatic rings. The molecule has 7 heteroatoms. The van der Waals surface area contributed by atoms with Crippen LogP contribution < -0.4 is 10.1 Å². The van der Waals surface area contributed by atoms with Crippen LogP contribution in [-0.2, 0) is 11.3 Å². The summed E-state index contributed by atoms with van der Waals surface area (Å²) >= 11 is 0. The molecule has 1 N–H and O–H groups in total. The summed E-state index contributed by atoms with van der Waals surface area (Å²) in [7, 11) is 3.27. The molecule has 0 aliphatic carbocycles. The van der Waals surface area contributed by atoms with Gasteiger partial charge in [0.15, 0.2) is 0 Å². The predicted octanol–water partition coefficient (Wildman–Crippen LogP) is 2.36. The number of urea groups is 1. The van der Waals surface area contributed by atoms with E-state index in [9.17, 15) is 4.79 Å². The highest BCUT2D eigenvalue weighted by Crippen LogP contribution is 2.21. The number of nitrogens with one attached hydrogen (secondary N) is 1. The average molecular weight is 305 g/mol. The number of carbonyl (C=O) groups is 1. The minimum atomic E-state index is -0.277. The standard InChI is InChI=1S/C15H19N3O4/c1-18(11-12-5-4-8-21-12)15(19)17-13-6-3-7-16-14(13)22-10-9-20-2/h3-8H,9-11H2,1-2H3,(H,17,19). The summed E-state index contributed by atoms with van der Waals surface area (Å²) in [5.41, 5.74) is 0.509. The molecule has 0 fully saturated rings. The van der Waals surface area contributed by atoms with Gasteiger partial charge in [-0.1, -0.05) is 0 Å². The van der Waals surface area contributed by atoms with Gasteiger partial charge >= 0.3 is 6.03 Å². The van der Waals surface area contributed by atoms with Crippen LogP contribution in [0.3, 0.4) is 0 Å². The Morgan fingerprint density at radius 3 is 2.95 bits per heavy atom. The summed E-state index contributed by atoms with van der Waals surface area (Å²) < 4.78 is 15.6. The summed E-state index contributed by atoms with van der Waals surface area (Å²) in [4.78, 5) is 17.8. The lowest BCUT2D eigenvalue weighted by atomic mass is 10.4. The van der Waals surface area contributed by atoms with E-state index in [0.717, 1.165) is 0 Å². The number of amides is 2. The number of rotatable bonds is 7. The molecule has 0 saturated carbocycles. The number of pyridine rings is 1. The average Bonchev–Trinajstić information content (AvgIpc) is 3.02. The molecular weight excluding hydrogens is 286 g/mol. The van der Waals surface area contributed by atoms with Gasteiger partial charge in [-0.15, -0.1) is 0 Å². The maximum absolute atomic E-state index is 12.2. The number of anilines is 1. The Kier molecular flexibility index (Phi) is 5.79. The van der Waals surface area contributed by atoms with Crippen molar-refractivity contribution in [3.8, 4) is 5.88 Å². The van der Waals surface area contributed by atoms with Crippen LogP contribution >= 0.6 is 0 Å². The van der Waals surface area contributed by atoms with E-state index >= 15 is 0 Å². The summed E-state index contributed by atoms with van der Waals surface area (Å²) in [6, 6.07) is 6.77. The minimum Gasteiger partial charge on any atom is -0.474 e. The third kappa shape index (κ3) is 4.49. The van der Waals surface area contributed by atoms with E-state index in [4.69, 9.17) is 13.9 Å². The zero-order valence-corrected chi connectivity index (χ0v) is 12.6. The Hall–Kier alpha value is -2.54. The van der Waals surface area contributed by atoms with Crippen molar-refractivity contribution < 1.29 is 18.7 Å². The lowest BCUT2D eigenvalue weighted by molar-refractivity contribution is 0.144. The summed E-state index contributed by atoms with van der Waals surface area (Å²) in [5.74, 6) is 1.07. The number of carbonyl (C=O) groups excluding carboxylic acids is 1. The molecular formula is C15H19N3O4. The van der Waals surface area contributed by atoms with Crippen LogP contribution in [0.25, 0.3) is 0 Å². The molecule has 7 nitrogen and oxygen atoms in total. The summed E-state index contributed by atoms with van der Waals surface area (Å²) in [5, 5.41) is 2.77. The maximum atomic E-state index is 12.2. The lowest BCUT2D eigenvalue weighted by Gasteiger charge is -2.17. The van der Waals surface area contributed by atoms with E-state index in [1.54, 1.807) is 44.8 Å². The number of hydrogen-bond acceptors (Lipinski definition) is 5. The van der Waals surface area contributed by atoms with Gasteiger partial charge in [0.05, 0.1) is 19.4 Å². The quantitative estimate of drug-likeness (QED) is 0.795. The van der Waals surface area contributed by atoms with Crippen molar-refractivity contribution in [1.82, 2.24) is 9.88 Å². The second kappa shape index (κ2) is 8.04. The Morgan fingerprint density at radius 2 is 2.23 bits per heavy atom. The van der Waals surface area contributed by atoms with Crippen LogP contribution in [0.5, 0.6) is 5.88 Å². The Labute approximate surface area is 128 Å². The highest BCUT2D eigenvalue weighted by molar-refractivity contribution is 5.90. The molecule has 22 heavy (non-hydrogen) atoms. The highest BCUT2D eigenvalue weighted by Gasteiger charge is 2.13. The second-order valence-electron chi connectivity index (χ2n) is 4.56. The van der Waals surface area contributed by atoms with Crippen LogP contribution in [0.2, 0.25) is 0 Å². The molecule has 2 amide bonds. The van der Waals surface area contributed by atoms with Crippen molar-refractivity contribution in [2.45, 2.75) is 6.54 Å². The van der Waals surface area contributed by atoms with Gasteiger partial charge in [0.1, 0.15) is 18.1 Å². The van der Waals surface area contributed by atoms with Gasteiger partial charge in [0, 0.05) is 20.4 Å². The first-order chi connectivity index (χ1) is 10.7. The van der Waals surface area contributed by atoms with Gasteiger partial charge in [-0.25, -0.2) is 9.78 Å². The molecule has 0 bridgehead atoms. The van der Waals surface area contributed by atoms with E-state index in [1.807, 2.05) is 6.07 Å². The van der Waals surface area contributed by atoms with Crippen LogP contribution in [0, 0.1) is 0 Å². The fourth-order valence-electron chi connectivity index (χ4n) is 1.74. The second-order valence-corrected chi connectivity index (χ2v) is 4.56. The summed E-state index contributed by atoms with van der Waals surface area (Å²) in [6.07, 6.45) is 3.17. The van der Waals surface area contributed by atoms with Gasteiger partial charge in [-0.05, 0) is 24.3 Å².